The van der Waals surface area contributed by atoms with Crippen molar-refractivity contribution in [2.45, 2.75) is 33.1 Å². The number of carbonyl (C=O) groups is 3. The summed E-state index contributed by atoms with van der Waals surface area (Å²) < 4.78 is 4.61. The second kappa shape index (κ2) is 6.27. The number of rotatable bonds is 4. The molecule has 0 spiro atoms. The van der Waals surface area contributed by atoms with E-state index in [1.54, 1.807) is 6.92 Å². The van der Waals surface area contributed by atoms with Crippen LogP contribution in [0.25, 0.3) is 0 Å². The molecule has 0 heterocycles. The fourth-order valence-corrected chi connectivity index (χ4v) is 1.87. The first-order chi connectivity index (χ1) is 8.10. The summed E-state index contributed by atoms with van der Waals surface area (Å²) in [4.78, 5) is 38.8. The number of hydrogen-bond acceptors (Lipinski definition) is 5. The van der Waals surface area contributed by atoms with E-state index in [0.717, 1.165) is 5.71 Å². The molecule has 0 bridgehead atoms. The van der Waals surface area contributed by atoms with Crippen molar-refractivity contribution in [3.63, 3.8) is 0 Å². The zero-order valence-corrected chi connectivity index (χ0v) is 10.2. The topological polar surface area (TPSA) is 72.8 Å². The first kappa shape index (κ1) is 13.5. The largest absolute Gasteiger partial charge is 0.460 e. The van der Waals surface area contributed by atoms with Crippen molar-refractivity contribution in [3.8, 4) is 0 Å². The van der Waals surface area contributed by atoms with Crippen LogP contribution in [0.4, 0.5) is 0 Å². The molecule has 5 heteroatoms. The Morgan fingerprint density at radius 3 is 2.65 bits per heavy atom. The van der Waals surface area contributed by atoms with E-state index in [9.17, 15) is 14.4 Å². The lowest BCUT2D eigenvalue weighted by molar-refractivity contribution is -0.157. The second-order valence-electron chi connectivity index (χ2n) is 3.86. The summed E-state index contributed by atoms with van der Waals surface area (Å²) in [6, 6.07) is 0. The minimum absolute atomic E-state index is 0.147. The highest BCUT2D eigenvalue weighted by Gasteiger charge is 2.35. The fourth-order valence-electron chi connectivity index (χ4n) is 1.87. The molecule has 1 aliphatic carbocycles. The minimum atomic E-state index is -0.901. The predicted molar refractivity (Wildman–Crippen MR) is 62.0 cm³/mol. The predicted octanol–water partition coefficient (Wildman–Crippen LogP) is 0.949. The first-order valence-corrected chi connectivity index (χ1v) is 5.86. The number of aliphatic imine (C=N–C) groups is 1. The monoisotopic (exact) mass is 239 g/mol. The lowest BCUT2D eigenvalue weighted by Gasteiger charge is -2.19. The highest BCUT2D eigenvalue weighted by atomic mass is 16.5. The first-order valence-electron chi connectivity index (χ1n) is 5.86. The summed E-state index contributed by atoms with van der Waals surface area (Å²) in [7, 11) is 0. The number of Topliss-reactive ketones (excluding diaryl/α,β-unsaturated/α-hetero) is 2. The molecule has 1 rings (SSSR count). The maximum atomic E-state index is 11.7. The van der Waals surface area contributed by atoms with Crippen molar-refractivity contribution >= 4 is 23.2 Å². The van der Waals surface area contributed by atoms with Crippen LogP contribution >= 0.6 is 0 Å². The number of nitrogens with zero attached hydrogens (tertiary/aromatic N) is 1. The van der Waals surface area contributed by atoms with E-state index in [-0.39, 0.29) is 18.8 Å². The molecular weight excluding hydrogens is 222 g/mol. The van der Waals surface area contributed by atoms with E-state index in [1.165, 1.54) is 0 Å². The van der Waals surface area contributed by atoms with Gasteiger partial charge in [-0.2, -0.15) is 0 Å². The van der Waals surface area contributed by atoms with Gasteiger partial charge in [0.1, 0.15) is 5.78 Å². The molecule has 0 aromatic heterocycles. The van der Waals surface area contributed by atoms with Crippen LogP contribution in [0, 0.1) is 5.92 Å². The summed E-state index contributed by atoms with van der Waals surface area (Å²) in [6.07, 6.45) is 1.16. The SMILES string of the molecule is CCN=C1CCC(C(=O)C(=O)OCC)C(=O)C1. The Hall–Kier alpha value is -1.52. The Labute approximate surface area is 100 Å². The fraction of sp³-hybridized carbons (Fsp3) is 0.667. The van der Waals surface area contributed by atoms with Gasteiger partial charge in [-0.1, -0.05) is 0 Å². The lowest BCUT2D eigenvalue weighted by Crippen LogP contribution is -2.36. The Bertz CT molecular complexity index is 360. The number of ether oxygens (including phenoxy) is 1. The van der Waals surface area contributed by atoms with Crippen LogP contribution in [-0.4, -0.2) is 36.4 Å². The molecule has 1 saturated carbocycles. The minimum Gasteiger partial charge on any atom is -0.460 e. The molecule has 17 heavy (non-hydrogen) atoms. The Kier molecular flexibility index (Phi) is 5.00. The Morgan fingerprint density at radius 1 is 1.41 bits per heavy atom. The van der Waals surface area contributed by atoms with Gasteiger partial charge < -0.3 is 4.74 Å². The molecule has 5 nitrogen and oxygen atoms in total. The van der Waals surface area contributed by atoms with Crippen molar-refractivity contribution in [1.29, 1.82) is 0 Å². The number of esters is 1. The van der Waals surface area contributed by atoms with Crippen LogP contribution in [-0.2, 0) is 19.1 Å². The van der Waals surface area contributed by atoms with Crippen LogP contribution < -0.4 is 0 Å². The Morgan fingerprint density at radius 2 is 2.12 bits per heavy atom. The van der Waals surface area contributed by atoms with Crippen molar-refractivity contribution in [2.24, 2.45) is 10.9 Å². The van der Waals surface area contributed by atoms with Crippen LogP contribution in [0.2, 0.25) is 0 Å². The maximum Gasteiger partial charge on any atom is 0.375 e. The van der Waals surface area contributed by atoms with Gasteiger partial charge in [0.05, 0.1) is 12.5 Å². The molecule has 1 fully saturated rings. The van der Waals surface area contributed by atoms with Gasteiger partial charge in [0.2, 0.25) is 5.78 Å². The van der Waals surface area contributed by atoms with Crippen LogP contribution in [0.15, 0.2) is 4.99 Å². The van der Waals surface area contributed by atoms with Crippen LogP contribution in [0.3, 0.4) is 0 Å². The average Bonchev–Trinajstić information content (AvgIpc) is 2.29. The van der Waals surface area contributed by atoms with E-state index >= 15 is 0 Å². The molecule has 1 atom stereocenters. The van der Waals surface area contributed by atoms with Gasteiger partial charge in [-0.05, 0) is 26.7 Å². The Balaban J connectivity index is 2.64. The smallest absolute Gasteiger partial charge is 0.375 e. The molecule has 0 saturated heterocycles. The van der Waals surface area contributed by atoms with Gasteiger partial charge >= 0.3 is 5.97 Å². The molecule has 94 valence electrons. The zero-order valence-electron chi connectivity index (χ0n) is 10.2. The highest BCUT2D eigenvalue weighted by molar-refractivity contribution is 6.39. The van der Waals surface area contributed by atoms with E-state index in [1.807, 2.05) is 6.92 Å². The molecule has 1 unspecified atom stereocenters. The van der Waals surface area contributed by atoms with Crippen LogP contribution in [0.5, 0.6) is 0 Å². The third kappa shape index (κ3) is 3.47. The molecular formula is C12H17NO4. The molecule has 0 amide bonds. The van der Waals surface area contributed by atoms with Crippen molar-refractivity contribution in [2.75, 3.05) is 13.2 Å². The molecule has 0 N–H and O–H groups in total. The van der Waals surface area contributed by atoms with E-state index in [2.05, 4.69) is 9.73 Å². The zero-order chi connectivity index (χ0) is 12.8. The summed E-state index contributed by atoms with van der Waals surface area (Å²) in [5.41, 5.74) is 0.824. The summed E-state index contributed by atoms with van der Waals surface area (Å²) in [5, 5.41) is 0. The standard InChI is InChI=1S/C12H17NO4/c1-3-13-8-5-6-9(10(14)7-8)11(15)12(16)17-4-2/h9H,3-7H2,1-2H3. The van der Waals surface area contributed by atoms with Gasteiger partial charge in [-0.3, -0.25) is 14.6 Å². The van der Waals surface area contributed by atoms with Crippen molar-refractivity contribution in [3.05, 3.63) is 0 Å². The molecule has 0 radical (unpaired) electrons. The van der Waals surface area contributed by atoms with Crippen molar-refractivity contribution in [1.82, 2.24) is 0 Å². The molecule has 0 aliphatic heterocycles. The number of hydrogen-bond donors (Lipinski definition) is 0. The van der Waals surface area contributed by atoms with E-state index < -0.39 is 17.7 Å². The van der Waals surface area contributed by atoms with E-state index in [4.69, 9.17) is 0 Å². The van der Waals surface area contributed by atoms with E-state index in [0.29, 0.717) is 19.4 Å². The summed E-state index contributed by atoms with van der Waals surface area (Å²) in [5.74, 6) is -2.67. The molecule has 1 aliphatic rings. The third-order valence-electron chi connectivity index (χ3n) is 2.66. The number of carbonyl (C=O) groups excluding carboxylic acids is 3. The lowest BCUT2D eigenvalue weighted by atomic mass is 9.84. The normalized spacial score (nSPS) is 22.6. The third-order valence-corrected chi connectivity index (χ3v) is 2.66. The second-order valence-corrected chi connectivity index (χ2v) is 3.86. The molecule has 0 aromatic carbocycles. The number of ketones is 2. The average molecular weight is 239 g/mol. The quantitative estimate of drug-likeness (QED) is 0.416. The van der Waals surface area contributed by atoms with Crippen LogP contribution in [0.1, 0.15) is 33.1 Å². The molecule has 0 aromatic rings. The summed E-state index contributed by atoms with van der Waals surface area (Å²) >= 11 is 0. The van der Waals surface area contributed by atoms with Gasteiger partial charge in [-0.15, -0.1) is 0 Å². The highest BCUT2D eigenvalue weighted by Crippen LogP contribution is 2.20. The van der Waals surface area contributed by atoms with Gasteiger partial charge in [0.25, 0.3) is 0 Å². The van der Waals surface area contributed by atoms with Gasteiger partial charge in [0.15, 0.2) is 0 Å². The van der Waals surface area contributed by atoms with Crippen molar-refractivity contribution < 1.29 is 19.1 Å². The van der Waals surface area contributed by atoms with Gasteiger partial charge in [-0.25, -0.2) is 4.79 Å². The maximum absolute atomic E-state index is 11.7. The van der Waals surface area contributed by atoms with Gasteiger partial charge in [0, 0.05) is 18.7 Å². The summed E-state index contributed by atoms with van der Waals surface area (Å²) in [6.45, 7) is 4.31.